The van der Waals surface area contributed by atoms with E-state index in [4.69, 9.17) is 14.6 Å². The van der Waals surface area contributed by atoms with Gasteiger partial charge >= 0.3 is 0 Å². The fourth-order valence-corrected chi connectivity index (χ4v) is 4.96. The van der Waals surface area contributed by atoms with E-state index in [0.717, 1.165) is 34.8 Å². The standard InChI is InChI=1S/C25H29N3O3/c1-4-30-23-7-5-6-20-22-16-21(19-10-8-17(2)9-11-19)26-28(22)25(31-24(20)23)12-14-27(15-13-25)18(3)29/h5-11,22H,4,12-16H2,1-3H3/t22-/m0/s1. The predicted octanol–water partition coefficient (Wildman–Crippen LogP) is 4.28. The lowest BCUT2D eigenvalue weighted by molar-refractivity contribution is -0.159. The number of benzene rings is 2. The van der Waals surface area contributed by atoms with Crippen molar-refractivity contribution in [2.75, 3.05) is 19.7 Å². The second-order valence-electron chi connectivity index (χ2n) is 8.64. The first-order valence-electron chi connectivity index (χ1n) is 11.1. The van der Waals surface area contributed by atoms with Crippen LogP contribution in [0.3, 0.4) is 0 Å². The van der Waals surface area contributed by atoms with Crippen molar-refractivity contribution in [3.05, 3.63) is 59.2 Å². The number of likely N-dealkylation sites (tertiary alicyclic amines) is 1. The molecule has 1 amide bonds. The number of rotatable bonds is 3. The van der Waals surface area contributed by atoms with E-state index < -0.39 is 5.72 Å². The fourth-order valence-electron chi connectivity index (χ4n) is 4.96. The molecule has 0 bridgehead atoms. The molecule has 2 aromatic carbocycles. The summed E-state index contributed by atoms with van der Waals surface area (Å²) < 4.78 is 12.7. The number of para-hydroxylation sites is 1. The van der Waals surface area contributed by atoms with E-state index in [-0.39, 0.29) is 11.9 Å². The van der Waals surface area contributed by atoms with Crippen molar-refractivity contribution in [2.24, 2.45) is 5.10 Å². The Morgan fingerprint density at radius 3 is 2.61 bits per heavy atom. The molecule has 0 unspecified atom stereocenters. The largest absolute Gasteiger partial charge is 0.490 e. The summed E-state index contributed by atoms with van der Waals surface area (Å²) in [6.07, 6.45) is 2.26. The molecule has 6 heteroatoms. The molecule has 3 aliphatic heterocycles. The summed E-state index contributed by atoms with van der Waals surface area (Å²) in [5.41, 5.74) is 4.03. The van der Waals surface area contributed by atoms with Crippen LogP contribution >= 0.6 is 0 Å². The van der Waals surface area contributed by atoms with Crippen LogP contribution in [-0.4, -0.2) is 46.9 Å². The second kappa shape index (κ2) is 7.59. The number of hydrazone groups is 1. The fraction of sp³-hybridized carbons (Fsp3) is 0.440. The van der Waals surface area contributed by atoms with Crippen LogP contribution in [0.2, 0.25) is 0 Å². The van der Waals surface area contributed by atoms with Gasteiger partial charge in [-0.25, -0.2) is 5.01 Å². The minimum absolute atomic E-state index is 0.101. The first-order valence-corrected chi connectivity index (χ1v) is 11.1. The monoisotopic (exact) mass is 419 g/mol. The molecule has 3 aliphatic rings. The van der Waals surface area contributed by atoms with Gasteiger partial charge in [-0.1, -0.05) is 42.0 Å². The van der Waals surface area contributed by atoms with Crippen LogP contribution in [-0.2, 0) is 4.79 Å². The highest BCUT2D eigenvalue weighted by Crippen LogP contribution is 2.52. The number of nitrogens with zero attached hydrogens (tertiary/aromatic N) is 3. The molecule has 162 valence electrons. The van der Waals surface area contributed by atoms with Crippen LogP contribution in [0.5, 0.6) is 11.5 Å². The van der Waals surface area contributed by atoms with Crippen LogP contribution in [0.4, 0.5) is 0 Å². The van der Waals surface area contributed by atoms with Crippen LogP contribution < -0.4 is 9.47 Å². The van der Waals surface area contributed by atoms with Crippen molar-refractivity contribution < 1.29 is 14.3 Å². The first kappa shape index (κ1) is 19.9. The predicted molar refractivity (Wildman–Crippen MR) is 119 cm³/mol. The average Bonchev–Trinajstić information content (AvgIpc) is 3.22. The number of piperidine rings is 1. The van der Waals surface area contributed by atoms with Gasteiger partial charge in [0, 0.05) is 44.8 Å². The summed E-state index contributed by atoms with van der Waals surface area (Å²) in [5, 5.41) is 7.29. The summed E-state index contributed by atoms with van der Waals surface area (Å²) >= 11 is 0. The summed E-state index contributed by atoms with van der Waals surface area (Å²) in [5.74, 6) is 1.74. The van der Waals surface area contributed by atoms with Gasteiger partial charge in [0.25, 0.3) is 0 Å². The van der Waals surface area contributed by atoms with Gasteiger partial charge in [-0.2, -0.15) is 5.10 Å². The third kappa shape index (κ3) is 3.34. The number of hydrogen-bond acceptors (Lipinski definition) is 5. The Hall–Kier alpha value is -3.02. The van der Waals surface area contributed by atoms with Crippen molar-refractivity contribution >= 4 is 11.6 Å². The second-order valence-corrected chi connectivity index (χ2v) is 8.64. The van der Waals surface area contributed by atoms with Crippen LogP contribution in [0.1, 0.15) is 55.8 Å². The van der Waals surface area contributed by atoms with E-state index in [2.05, 4.69) is 42.3 Å². The Bertz CT molecular complexity index is 1020. The van der Waals surface area contributed by atoms with Gasteiger partial charge in [0.2, 0.25) is 11.6 Å². The Kier molecular flexibility index (Phi) is 4.88. The van der Waals surface area contributed by atoms with Crippen molar-refractivity contribution in [3.63, 3.8) is 0 Å². The average molecular weight is 420 g/mol. The molecular formula is C25H29N3O3. The maximum absolute atomic E-state index is 11.9. The van der Waals surface area contributed by atoms with Gasteiger partial charge in [0.15, 0.2) is 11.5 Å². The van der Waals surface area contributed by atoms with E-state index in [1.807, 2.05) is 24.0 Å². The summed E-state index contributed by atoms with van der Waals surface area (Å²) in [6, 6.07) is 14.8. The molecule has 0 aliphatic carbocycles. The number of aryl methyl sites for hydroxylation is 1. The number of carbonyl (C=O) groups excluding carboxylic acids is 1. The third-order valence-corrected chi connectivity index (χ3v) is 6.66. The van der Waals surface area contributed by atoms with Crippen molar-refractivity contribution in [1.82, 2.24) is 9.91 Å². The minimum Gasteiger partial charge on any atom is -0.490 e. The molecule has 1 fully saturated rings. The molecule has 0 saturated carbocycles. The van der Waals surface area contributed by atoms with Crippen molar-refractivity contribution in [2.45, 2.75) is 51.8 Å². The van der Waals surface area contributed by atoms with E-state index in [1.54, 1.807) is 6.92 Å². The number of amides is 1. The van der Waals surface area contributed by atoms with E-state index in [0.29, 0.717) is 32.5 Å². The molecule has 0 radical (unpaired) electrons. The third-order valence-electron chi connectivity index (χ3n) is 6.66. The zero-order valence-electron chi connectivity index (χ0n) is 18.4. The molecule has 1 atom stereocenters. The minimum atomic E-state index is -0.566. The number of fused-ring (bicyclic) bond motifs is 4. The molecule has 0 aromatic heterocycles. The van der Waals surface area contributed by atoms with Gasteiger partial charge in [-0.15, -0.1) is 0 Å². The van der Waals surface area contributed by atoms with Crippen LogP contribution in [0.15, 0.2) is 47.6 Å². The van der Waals surface area contributed by atoms with E-state index >= 15 is 0 Å². The molecule has 1 saturated heterocycles. The Morgan fingerprint density at radius 1 is 1.19 bits per heavy atom. The summed E-state index contributed by atoms with van der Waals surface area (Å²) in [4.78, 5) is 13.8. The summed E-state index contributed by atoms with van der Waals surface area (Å²) in [7, 11) is 0. The lowest BCUT2D eigenvalue weighted by atomic mass is 9.90. The molecule has 3 heterocycles. The highest BCUT2D eigenvalue weighted by molar-refractivity contribution is 6.02. The van der Waals surface area contributed by atoms with Gasteiger partial charge in [-0.05, 0) is 25.5 Å². The highest BCUT2D eigenvalue weighted by Gasteiger charge is 2.52. The van der Waals surface area contributed by atoms with Crippen LogP contribution in [0, 0.1) is 6.92 Å². The van der Waals surface area contributed by atoms with Crippen molar-refractivity contribution in [1.29, 1.82) is 0 Å². The van der Waals surface area contributed by atoms with Crippen LogP contribution in [0.25, 0.3) is 0 Å². The van der Waals surface area contributed by atoms with Crippen molar-refractivity contribution in [3.8, 4) is 11.5 Å². The number of carbonyl (C=O) groups is 1. The first-order chi connectivity index (χ1) is 15.0. The maximum Gasteiger partial charge on any atom is 0.219 e. The Morgan fingerprint density at radius 2 is 1.94 bits per heavy atom. The topological polar surface area (TPSA) is 54.4 Å². The molecule has 0 N–H and O–H groups in total. The van der Waals surface area contributed by atoms with Gasteiger partial charge in [0.05, 0.1) is 18.4 Å². The zero-order chi connectivity index (χ0) is 21.6. The quantitative estimate of drug-likeness (QED) is 0.745. The lowest BCUT2D eigenvalue weighted by Crippen LogP contribution is -2.59. The van der Waals surface area contributed by atoms with E-state index in [9.17, 15) is 4.79 Å². The molecule has 1 spiro atoms. The Labute approximate surface area is 183 Å². The highest BCUT2D eigenvalue weighted by atomic mass is 16.6. The molecule has 31 heavy (non-hydrogen) atoms. The molecule has 5 rings (SSSR count). The zero-order valence-corrected chi connectivity index (χ0v) is 18.4. The SMILES string of the molecule is CCOc1cccc2c1OC1(CCN(C(C)=O)CC1)N1N=C(c3ccc(C)cc3)C[C@@H]21. The summed E-state index contributed by atoms with van der Waals surface area (Å²) in [6.45, 7) is 7.64. The van der Waals surface area contributed by atoms with Gasteiger partial charge in [0.1, 0.15) is 0 Å². The number of ether oxygens (including phenoxy) is 2. The van der Waals surface area contributed by atoms with Gasteiger partial charge < -0.3 is 14.4 Å². The molecular weight excluding hydrogens is 390 g/mol. The normalized spacial score (nSPS) is 21.3. The maximum atomic E-state index is 11.9. The molecule has 2 aromatic rings. The van der Waals surface area contributed by atoms with Gasteiger partial charge in [-0.3, -0.25) is 4.79 Å². The smallest absolute Gasteiger partial charge is 0.219 e. The Balaban J connectivity index is 1.56. The number of hydrogen-bond donors (Lipinski definition) is 0. The molecule has 6 nitrogen and oxygen atoms in total. The van der Waals surface area contributed by atoms with E-state index in [1.165, 1.54) is 5.56 Å². The lowest BCUT2D eigenvalue weighted by Gasteiger charge is -2.51.